The van der Waals surface area contributed by atoms with E-state index in [1.54, 1.807) is 24.8 Å². The molecule has 2 aromatic carbocycles. The molecule has 4 aromatic rings. The molecule has 0 bridgehead atoms. The number of nitrogens with zero attached hydrogens (tertiary/aromatic N) is 2. The van der Waals surface area contributed by atoms with Gasteiger partial charge in [-0.15, -0.1) is 0 Å². The van der Waals surface area contributed by atoms with Crippen molar-refractivity contribution in [2.75, 3.05) is 0 Å². The van der Waals surface area contributed by atoms with Crippen molar-refractivity contribution in [3.05, 3.63) is 131 Å². The highest BCUT2D eigenvalue weighted by Crippen LogP contribution is 2.06. The maximum Gasteiger partial charge on any atom is 0.0280 e. The third-order valence-electron chi connectivity index (χ3n) is 4.18. The standard InChI is InChI=1S/C28H16N2/c1(23-3-7-25(8-4-23)11-13-27-15-19-29-20-16-27)2-24-5-9-26(10-6-24)12-14-28-17-21-30-22-18-28/h3-10,15-22H. The lowest BCUT2D eigenvalue weighted by Gasteiger charge is -1.94. The number of pyridine rings is 2. The van der Waals surface area contributed by atoms with Gasteiger partial charge in [0, 0.05) is 58.2 Å². The van der Waals surface area contributed by atoms with Gasteiger partial charge in [-0.1, -0.05) is 35.5 Å². The lowest BCUT2D eigenvalue weighted by molar-refractivity contribution is 1.32. The minimum atomic E-state index is 0.947. The molecule has 30 heavy (non-hydrogen) atoms. The summed E-state index contributed by atoms with van der Waals surface area (Å²) in [6.07, 6.45) is 6.96. The Morgan fingerprint density at radius 3 is 0.733 bits per heavy atom. The topological polar surface area (TPSA) is 25.8 Å². The van der Waals surface area contributed by atoms with Crippen molar-refractivity contribution >= 4 is 0 Å². The molecule has 0 spiro atoms. The van der Waals surface area contributed by atoms with Gasteiger partial charge < -0.3 is 0 Å². The third kappa shape index (κ3) is 5.46. The first kappa shape index (κ1) is 18.8. The first-order valence-electron chi connectivity index (χ1n) is 9.41. The van der Waals surface area contributed by atoms with E-state index in [1.165, 1.54) is 0 Å². The summed E-state index contributed by atoms with van der Waals surface area (Å²) in [6, 6.07) is 23.4. The van der Waals surface area contributed by atoms with Crippen molar-refractivity contribution < 1.29 is 0 Å². The van der Waals surface area contributed by atoms with Crippen LogP contribution in [0.4, 0.5) is 0 Å². The van der Waals surface area contributed by atoms with E-state index in [0.717, 1.165) is 33.4 Å². The van der Waals surface area contributed by atoms with Gasteiger partial charge in [0.05, 0.1) is 0 Å². The van der Waals surface area contributed by atoms with Gasteiger partial charge in [-0.25, -0.2) is 0 Å². The van der Waals surface area contributed by atoms with Crippen LogP contribution in [0.1, 0.15) is 33.4 Å². The van der Waals surface area contributed by atoms with Crippen LogP contribution in [0, 0.1) is 35.5 Å². The molecule has 138 valence electrons. The van der Waals surface area contributed by atoms with Gasteiger partial charge in [-0.2, -0.15) is 0 Å². The highest BCUT2D eigenvalue weighted by atomic mass is 14.6. The Labute approximate surface area is 176 Å². The minimum Gasteiger partial charge on any atom is -0.265 e. The Balaban J connectivity index is 1.41. The molecule has 0 saturated carbocycles. The van der Waals surface area contributed by atoms with Crippen LogP contribution in [0.5, 0.6) is 0 Å². The molecule has 2 heterocycles. The van der Waals surface area contributed by atoms with E-state index in [2.05, 4.69) is 45.5 Å². The van der Waals surface area contributed by atoms with E-state index in [9.17, 15) is 0 Å². The molecule has 0 unspecified atom stereocenters. The third-order valence-corrected chi connectivity index (χ3v) is 4.18. The van der Waals surface area contributed by atoms with E-state index >= 15 is 0 Å². The van der Waals surface area contributed by atoms with Crippen LogP contribution in [-0.4, -0.2) is 9.97 Å². The first-order valence-corrected chi connectivity index (χ1v) is 9.41. The van der Waals surface area contributed by atoms with Crippen molar-refractivity contribution in [2.45, 2.75) is 0 Å². The van der Waals surface area contributed by atoms with Crippen molar-refractivity contribution in [3.63, 3.8) is 0 Å². The van der Waals surface area contributed by atoms with Gasteiger partial charge in [-0.05, 0) is 72.8 Å². The molecule has 0 aliphatic carbocycles. The molecule has 0 saturated heterocycles. The molecule has 0 amide bonds. The normalized spacial score (nSPS) is 9.20. The average molecular weight is 380 g/mol. The zero-order valence-corrected chi connectivity index (χ0v) is 16.1. The minimum absolute atomic E-state index is 0.947. The second kappa shape index (κ2) is 9.57. The fraction of sp³-hybridized carbons (Fsp3) is 0. The summed E-state index contributed by atoms with van der Waals surface area (Å²) < 4.78 is 0. The number of hydrogen-bond acceptors (Lipinski definition) is 2. The fourth-order valence-electron chi connectivity index (χ4n) is 2.58. The predicted octanol–water partition coefficient (Wildman–Crippen LogP) is 4.68. The Hall–Kier alpha value is -4.58. The summed E-state index contributed by atoms with van der Waals surface area (Å²) in [5, 5.41) is 0. The number of rotatable bonds is 0. The van der Waals surface area contributed by atoms with Gasteiger partial charge in [-0.3, -0.25) is 9.97 Å². The Bertz CT molecular complexity index is 1200. The second-order valence-corrected chi connectivity index (χ2v) is 6.38. The van der Waals surface area contributed by atoms with Crippen LogP contribution in [0.15, 0.2) is 97.6 Å². The van der Waals surface area contributed by atoms with Crippen molar-refractivity contribution in [3.8, 4) is 35.5 Å². The summed E-state index contributed by atoms with van der Waals surface area (Å²) in [7, 11) is 0. The van der Waals surface area contributed by atoms with Crippen LogP contribution in [0.3, 0.4) is 0 Å². The van der Waals surface area contributed by atoms with Gasteiger partial charge in [0.2, 0.25) is 0 Å². The molecule has 0 aliphatic heterocycles. The van der Waals surface area contributed by atoms with Crippen LogP contribution >= 0.6 is 0 Å². The van der Waals surface area contributed by atoms with Gasteiger partial charge in [0.1, 0.15) is 0 Å². The van der Waals surface area contributed by atoms with Crippen LogP contribution < -0.4 is 0 Å². The molecule has 0 atom stereocenters. The van der Waals surface area contributed by atoms with Crippen LogP contribution in [0.2, 0.25) is 0 Å². The lowest BCUT2D eigenvalue weighted by Crippen LogP contribution is -1.80. The molecule has 0 fully saturated rings. The Kier molecular flexibility index (Phi) is 5.98. The summed E-state index contributed by atoms with van der Waals surface area (Å²) in [5.74, 6) is 18.9. The smallest absolute Gasteiger partial charge is 0.0280 e. The summed E-state index contributed by atoms with van der Waals surface area (Å²) in [4.78, 5) is 7.98. The van der Waals surface area contributed by atoms with E-state index < -0.39 is 0 Å². The zero-order valence-electron chi connectivity index (χ0n) is 16.1. The maximum absolute atomic E-state index is 3.99. The van der Waals surface area contributed by atoms with Crippen molar-refractivity contribution in [1.29, 1.82) is 0 Å². The van der Waals surface area contributed by atoms with Gasteiger partial charge >= 0.3 is 0 Å². The Morgan fingerprint density at radius 1 is 0.300 bits per heavy atom. The van der Waals surface area contributed by atoms with E-state index in [-0.39, 0.29) is 0 Å². The molecule has 2 nitrogen and oxygen atoms in total. The van der Waals surface area contributed by atoms with E-state index in [0.29, 0.717) is 0 Å². The summed E-state index contributed by atoms with van der Waals surface area (Å²) >= 11 is 0. The molecule has 4 rings (SSSR count). The number of aromatic nitrogens is 2. The SMILES string of the molecule is C(#Cc1ccc(C#Cc2ccc(C#Cc3ccncc3)cc2)cc1)c1ccncc1. The highest BCUT2D eigenvalue weighted by Gasteiger charge is 1.92. The molecular weight excluding hydrogens is 364 g/mol. The van der Waals surface area contributed by atoms with Gasteiger partial charge in [0.15, 0.2) is 0 Å². The van der Waals surface area contributed by atoms with Crippen molar-refractivity contribution in [1.82, 2.24) is 9.97 Å². The summed E-state index contributed by atoms with van der Waals surface area (Å²) in [6.45, 7) is 0. The van der Waals surface area contributed by atoms with Crippen LogP contribution in [0.25, 0.3) is 0 Å². The van der Waals surface area contributed by atoms with Crippen LogP contribution in [-0.2, 0) is 0 Å². The fourth-order valence-corrected chi connectivity index (χ4v) is 2.58. The van der Waals surface area contributed by atoms with E-state index in [4.69, 9.17) is 0 Å². The summed E-state index contributed by atoms with van der Waals surface area (Å²) in [5.41, 5.74) is 5.70. The molecular formula is C28H16N2. The lowest BCUT2D eigenvalue weighted by atomic mass is 10.1. The van der Waals surface area contributed by atoms with E-state index in [1.807, 2.05) is 72.8 Å². The molecule has 2 heteroatoms. The van der Waals surface area contributed by atoms with Gasteiger partial charge in [0.25, 0.3) is 0 Å². The monoisotopic (exact) mass is 380 g/mol. The Morgan fingerprint density at radius 2 is 0.500 bits per heavy atom. The first-order chi connectivity index (χ1) is 14.8. The van der Waals surface area contributed by atoms with Crippen molar-refractivity contribution in [2.24, 2.45) is 0 Å². The number of hydrogen-bond donors (Lipinski definition) is 0. The second-order valence-electron chi connectivity index (χ2n) is 6.38. The molecule has 2 aromatic heterocycles. The zero-order chi connectivity index (χ0) is 20.4. The quantitative estimate of drug-likeness (QED) is 0.414. The number of benzene rings is 2. The predicted molar refractivity (Wildman–Crippen MR) is 119 cm³/mol. The largest absolute Gasteiger partial charge is 0.265 e. The maximum atomic E-state index is 3.99. The molecule has 0 radical (unpaired) electrons. The average Bonchev–Trinajstić information content (AvgIpc) is 2.83. The molecule has 0 N–H and O–H groups in total. The molecule has 0 aliphatic rings. The highest BCUT2D eigenvalue weighted by molar-refractivity contribution is 5.49.